The Morgan fingerprint density at radius 2 is 1.95 bits per heavy atom. The van der Waals surface area contributed by atoms with Crippen molar-refractivity contribution in [3.63, 3.8) is 0 Å². The summed E-state index contributed by atoms with van der Waals surface area (Å²) in [6.07, 6.45) is 3.13. The number of nitrogens with two attached hydrogens (primary N) is 1. The molecule has 3 heteroatoms. The number of fused-ring (bicyclic) bond motifs is 1. The zero-order chi connectivity index (χ0) is 13.9. The van der Waals surface area contributed by atoms with Gasteiger partial charge in [-0.3, -0.25) is 9.69 Å². The van der Waals surface area contributed by atoms with Crippen LogP contribution in [0.1, 0.15) is 24.8 Å². The third-order valence-corrected chi connectivity index (χ3v) is 4.20. The van der Waals surface area contributed by atoms with Gasteiger partial charge in [0, 0.05) is 6.54 Å². The average molecular weight is 268 g/mol. The molecule has 0 radical (unpaired) electrons. The van der Waals surface area contributed by atoms with Crippen LogP contribution in [0.5, 0.6) is 0 Å². The standard InChI is InChI=1S/C17H20N2O/c18-17(20)16-10-3-4-11-19(16)12-14-8-5-7-13-6-1-2-9-15(13)14/h1-2,5-9,16H,3-4,10-12H2,(H2,18,20)/t16-/m1/s1. The van der Waals surface area contributed by atoms with Gasteiger partial charge in [-0.1, -0.05) is 48.9 Å². The Balaban J connectivity index is 1.90. The van der Waals surface area contributed by atoms with Crippen molar-refractivity contribution in [3.05, 3.63) is 48.0 Å². The molecule has 2 N–H and O–H groups in total. The number of carbonyl (C=O) groups is 1. The topological polar surface area (TPSA) is 46.3 Å². The molecule has 2 aromatic rings. The lowest BCUT2D eigenvalue weighted by Crippen LogP contribution is -2.47. The molecule has 3 nitrogen and oxygen atoms in total. The molecule has 0 aromatic heterocycles. The lowest BCUT2D eigenvalue weighted by molar-refractivity contribution is -0.124. The maximum Gasteiger partial charge on any atom is 0.234 e. The molecular formula is C17H20N2O. The Kier molecular flexibility index (Phi) is 3.70. The Morgan fingerprint density at radius 3 is 2.80 bits per heavy atom. The molecule has 1 aliphatic heterocycles. The highest BCUT2D eigenvalue weighted by atomic mass is 16.1. The van der Waals surface area contributed by atoms with E-state index in [1.54, 1.807) is 0 Å². The third kappa shape index (κ3) is 2.54. The highest BCUT2D eigenvalue weighted by Gasteiger charge is 2.26. The van der Waals surface area contributed by atoms with Crippen LogP contribution < -0.4 is 5.73 Å². The second-order valence-electron chi connectivity index (χ2n) is 5.52. The summed E-state index contributed by atoms with van der Waals surface area (Å²) in [5.74, 6) is -0.190. The van der Waals surface area contributed by atoms with E-state index < -0.39 is 0 Å². The SMILES string of the molecule is NC(=O)[C@H]1CCCCN1Cc1cccc2ccccc12. The lowest BCUT2D eigenvalue weighted by Gasteiger charge is -2.33. The minimum absolute atomic E-state index is 0.109. The first-order valence-electron chi connectivity index (χ1n) is 7.26. The second kappa shape index (κ2) is 5.63. The highest BCUT2D eigenvalue weighted by Crippen LogP contribution is 2.24. The van der Waals surface area contributed by atoms with E-state index in [9.17, 15) is 4.79 Å². The predicted octanol–water partition coefficient (Wildman–Crippen LogP) is 2.68. The van der Waals surface area contributed by atoms with Gasteiger partial charge in [0.05, 0.1) is 6.04 Å². The molecule has 20 heavy (non-hydrogen) atoms. The molecule has 3 rings (SSSR count). The van der Waals surface area contributed by atoms with E-state index in [2.05, 4.69) is 47.4 Å². The first kappa shape index (κ1) is 13.1. The molecule has 0 unspecified atom stereocenters. The van der Waals surface area contributed by atoms with Gasteiger partial charge in [-0.05, 0) is 35.7 Å². The molecule has 0 spiro atoms. The van der Waals surface area contributed by atoms with Crippen molar-refractivity contribution in [2.45, 2.75) is 31.8 Å². The maximum absolute atomic E-state index is 11.6. The van der Waals surface area contributed by atoms with E-state index in [0.29, 0.717) is 0 Å². The highest BCUT2D eigenvalue weighted by molar-refractivity contribution is 5.85. The van der Waals surface area contributed by atoms with Crippen molar-refractivity contribution >= 4 is 16.7 Å². The van der Waals surface area contributed by atoms with Gasteiger partial charge in [0.2, 0.25) is 5.91 Å². The van der Waals surface area contributed by atoms with Crippen LogP contribution in [0.2, 0.25) is 0 Å². The zero-order valence-electron chi connectivity index (χ0n) is 11.6. The summed E-state index contributed by atoms with van der Waals surface area (Å²) >= 11 is 0. The third-order valence-electron chi connectivity index (χ3n) is 4.20. The van der Waals surface area contributed by atoms with Crippen LogP contribution in [-0.2, 0) is 11.3 Å². The Morgan fingerprint density at radius 1 is 1.15 bits per heavy atom. The lowest BCUT2D eigenvalue weighted by atomic mass is 9.99. The fourth-order valence-electron chi connectivity index (χ4n) is 3.15. The summed E-state index contributed by atoms with van der Waals surface area (Å²) < 4.78 is 0. The van der Waals surface area contributed by atoms with Crippen LogP contribution in [-0.4, -0.2) is 23.4 Å². The normalized spacial score (nSPS) is 20.1. The number of piperidine rings is 1. The van der Waals surface area contributed by atoms with Crippen molar-refractivity contribution in [2.24, 2.45) is 5.73 Å². The van der Waals surface area contributed by atoms with E-state index in [1.807, 2.05) is 0 Å². The van der Waals surface area contributed by atoms with Crippen molar-refractivity contribution in [1.29, 1.82) is 0 Å². The minimum atomic E-state index is -0.190. The van der Waals surface area contributed by atoms with Gasteiger partial charge in [0.1, 0.15) is 0 Å². The fraction of sp³-hybridized carbons (Fsp3) is 0.353. The number of likely N-dealkylation sites (tertiary alicyclic amines) is 1. The van der Waals surface area contributed by atoms with Crippen LogP contribution in [0.15, 0.2) is 42.5 Å². The number of hydrogen-bond donors (Lipinski definition) is 1. The number of rotatable bonds is 3. The predicted molar refractivity (Wildman–Crippen MR) is 81.2 cm³/mol. The van der Waals surface area contributed by atoms with Crippen molar-refractivity contribution in [3.8, 4) is 0 Å². The molecule has 1 heterocycles. The van der Waals surface area contributed by atoms with Gasteiger partial charge in [-0.2, -0.15) is 0 Å². The number of benzene rings is 2. The maximum atomic E-state index is 11.6. The zero-order valence-corrected chi connectivity index (χ0v) is 11.6. The summed E-state index contributed by atoms with van der Waals surface area (Å²) in [6.45, 7) is 1.76. The van der Waals surface area contributed by atoms with Crippen molar-refractivity contribution < 1.29 is 4.79 Å². The van der Waals surface area contributed by atoms with Gasteiger partial charge < -0.3 is 5.73 Å². The molecule has 104 valence electrons. The number of nitrogens with zero attached hydrogens (tertiary/aromatic N) is 1. The summed E-state index contributed by atoms with van der Waals surface area (Å²) in [4.78, 5) is 13.8. The Labute approximate surface area is 119 Å². The van der Waals surface area contributed by atoms with Crippen LogP contribution in [0, 0.1) is 0 Å². The van der Waals surface area contributed by atoms with E-state index in [4.69, 9.17) is 5.73 Å². The van der Waals surface area contributed by atoms with E-state index in [0.717, 1.165) is 32.4 Å². The molecule has 2 aromatic carbocycles. The second-order valence-corrected chi connectivity index (χ2v) is 5.52. The average Bonchev–Trinajstić information content (AvgIpc) is 2.48. The molecule has 0 saturated carbocycles. The first-order valence-corrected chi connectivity index (χ1v) is 7.26. The summed E-state index contributed by atoms with van der Waals surface area (Å²) in [5, 5.41) is 2.52. The Hall–Kier alpha value is -1.87. The molecule has 1 aliphatic rings. The molecule has 0 aliphatic carbocycles. The Bertz CT molecular complexity index is 618. The van der Waals surface area contributed by atoms with Crippen LogP contribution >= 0.6 is 0 Å². The first-order chi connectivity index (χ1) is 9.75. The quantitative estimate of drug-likeness (QED) is 0.930. The van der Waals surface area contributed by atoms with E-state index >= 15 is 0 Å². The number of primary amides is 1. The van der Waals surface area contributed by atoms with Gasteiger partial charge in [0.15, 0.2) is 0 Å². The van der Waals surface area contributed by atoms with Crippen molar-refractivity contribution in [2.75, 3.05) is 6.54 Å². The van der Waals surface area contributed by atoms with E-state index in [1.165, 1.54) is 16.3 Å². The monoisotopic (exact) mass is 268 g/mol. The number of hydrogen-bond acceptors (Lipinski definition) is 2. The van der Waals surface area contributed by atoms with Gasteiger partial charge in [0.25, 0.3) is 0 Å². The molecule has 1 atom stereocenters. The molecule has 1 fully saturated rings. The smallest absolute Gasteiger partial charge is 0.234 e. The van der Waals surface area contributed by atoms with Crippen LogP contribution in [0.25, 0.3) is 10.8 Å². The summed E-state index contributed by atoms with van der Waals surface area (Å²) in [5.41, 5.74) is 6.82. The number of carbonyl (C=O) groups excluding carboxylic acids is 1. The molecule has 0 bridgehead atoms. The van der Waals surface area contributed by atoms with Crippen LogP contribution in [0.4, 0.5) is 0 Å². The molecule has 1 saturated heterocycles. The van der Waals surface area contributed by atoms with Gasteiger partial charge >= 0.3 is 0 Å². The van der Waals surface area contributed by atoms with Gasteiger partial charge in [-0.25, -0.2) is 0 Å². The van der Waals surface area contributed by atoms with Crippen LogP contribution in [0.3, 0.4) is 0 Å². The molecule has 1 amide bonds. The summed E-state index contributed by atoms with van der Waals surface area (Å²) in [7, 11) is 0. The molecular weight excluding hydrogens is 248 g/mol. The summed E-state index contributed by atoms with van der Waals surface area (Å²) in [6, 6.07) is 14.6. The van der Waals surface area contributed by atoms with Crippen molar-refractivity contribution in [1.82, 2.24) is 4.90 Å². The van der Waals surface area contributed by atoms with E-state index in [-0.39, 0.29) is 11.9 Å². The number of amides is 1. The van der Waals surface area contributed by atoms with Gasteiger partial charge in [-0.15, -0.1) is 0 Å². The minimum Gasteiger partial charge on any atom is -0.368 e. The largest absolute Gasteiger partial charge is 0.368 e. The fourth-order valence-corrected chi connectivity index (χ4v) is 3.15.